The van der Waals surface area contributed by atoms with Gasteiger partial charge in [0.2, 0.25) is 0 Å². The summed E-state index contributed by atoms with van der Waals surface area (Å²) in [4.78, 5) is 0. The van der Waals surface area contributed by atoms with Crippen LogP contribution in [-0.2, 0) is 6.42 Å². The summed E-state index contributed by atoms with van der Waals surface area (Å²) in [5, 5.41) is 10.0. The van der Waals surface area contributed by atoms with Gasteiger partial charge in [0.25, 0.3) is 0 Å². The minimum absolute atomic E-state index is 0.104. The topological polar surface area (TPSA) is 55.5 Å². The zero-order chi connectivity index (χ0) is 15.0. The predicted molar refractivity (Wildman–Crippen MR) is 84.2 cm³/mol. The second kappa shape index (κ2) is 8.98. The number of nitrogens with two attached hydrogens (primary N) is 1. The third-order valence-electron chi connectivity index (χ3n) is 3.61. The van der Waals surface area contributed by atoms with Gasteiger partial charge in [-0.25, -0.2) is 0 Å². The summed E-state index contributed by atoms with van der Waals surface area (Å²) in [5.41, 5.74) is 8.42. The largest absolute Gasteiger partial charge is 0.494 e. The van der Waals surface area contributed by atoms with Crippen LogP contribution < -0.4 is 10.5 Å². The Labute approximate surface area is 123 Å². The molecule has 0 saturated carbocycles. The second-order valence-corrected chi connectivity index (χ2v) is 5.50. The second-order valence-electron chi connectivity index (χ2n) is 5.50. The maximum atomic E-state index is 10.0. The van der Waals surface area contributed by atoms with Crippen molar-refractivity contribution in [2.45, 2.75) is 65.0 Å². The number of rotatable bonds is 9. The van der Waals surface area contributed by atoms with E-state index in [4.69, 9.17) is 10.5 Å². The molecule has 0 saturated heterocycles. The lowest BCUT2D eigenvalue weighted by Crippen LogP contribution is -2.34. The molecule has 0 fully saturated rings. The highest BCUT2D eigenvalue weighted by molar-refractivity contribution is 5.34. The third kappa shape index (κ3) is 5.51. The van der Waals surface area contributed by atoms with Crippen molar-refractivity contribution in [3.05, 3.63) is 29.3 Å². The van der Waals surface area contributed by atoms with Crippen LogP contribution in [0.2, 0.25) is 0 Å². The van der Waals surface area contributed by atoms with E-state index in [1.165, 1.54) is 11.1 Å². The highest BCUT2D eigenvalue weighted by atomic mass is 16.5. The molecule has 3 N–H and O–H groups in total. The van der Waals surface area contributed by atoms with Crippen LogP contribution in [0, 0.1) is 6.92 Å². The number of ether oxygens (including phenoxy) is 1. The van der Waals surface area contributed by atoms with Crippen molar-refractivity contribution >= 4 is 0 Å². The molecular formula is C17H29NO2. The Morgan fingerprint density at radius 2 is 1.95 bits per heavy atom. The van der Waals surface area contributed by atoms with E-state index in [1.807, 2.05) is 6.07 Å². The summed E-state index contributed by atoms with van der Waals surface area (Å²) in [5.74, 6) is 0.927. The Balaban J connectivity index is 2.51. The monoisotopic (exact) mass is 279 g/mol. The van der Waals surface area contributed by atoms with Gasteiger partial charge in [0.05, 0.1) is 12.7 Å². The van der Waals surface area contributed by atoms with Crippen molar-refractivity contribution in [1.82, 2.24) is 0 Å². The van der Waals surface area contributed by atoms with E-state index in [2.05, 4.69) is 32.9 Å². The zero-order valence-corrected chi connectivity index (χ0v) is 13.1. The maximum Gasteiger partial charge on any atom is 0.119 e. The van der Waals surface area contributed by atoms with E-state index in [0.717, 1.165) is 44.5 Å². The number of benzene rings is 1. The lowest BCUT2D eigenvalue weighted by atomic mass is 9.97. The predicted octanol–water partition coefficient (Wildman–Crippen LogP) is 3.20. The van der Waals surface area contributed by atoms with Gasteiger partial charge >= 0.3 is 0 Å². The van der Waals surface area contributed by atoms with Gasteiger partial charge in [0, 0.05) is 6.04 Å². The van der Waals surface area contributed by atoms with E-state index in [0.29, 0.717) is 0 Å². The first-order valence-electron chi connectivity index (χ1n) is 7.74. The summed E-state index contributed by atoms with van der Waals surface area (Å²) in [6.45, 7) is 7.03. The molecule has 2 atom stereocenters. The van der Waals surface area contributed by atoms with E-state index < -0.39 is 6.10 Å². The molecule has 3 heteroatoms. The molecule has 1 aromatic rings. The Morgan fingerprint density at radius 1 is 1.20 bits per heavy atom. The molecule has 0 radical (unpaired) electrons. The standard InChI is InChI=1S/C17H29NO2/c1-4-6-16(18)17(19)10-8-14-7-9-15(12-13(14)3)20-11-5-2/h7,9,12,16-17,19H,4-6,8,10-11,18H2,1-3H3. The van der Waals surface area contributed by atoms with Crippen molar-refractivity contribution < 1.29 is 9.84 Å². The number of hydrogen-bond donors (Lipinski definition) is 2. The van der Waals surface area contributed by atoms with Crippen molar-refractivity contribution in [3.8, 4) is 5.75 Å². The first-order chi connectivity index (χ1) is 9.58. The minimum atomic E-state index is -0.412. The quantitative estimate of drug-likeness (QED) is 0.730. The smallest absolute Gasteiger partial charge is 0.119 e. The maximum absolute atomic E-state index is 10.0. The van der Waals surface area contributed by atoms with Crippen LogP contribution in [0.3, 0.4) is 0 Å². The third-order valence-corrected chi connectivity index (χ3v) is 3.61. The molecule has 3 nitrogen and oxygen atoms in total. The molecule has 0 aromatic heterocycles. The Kier molecular flexibility index (Phi) is 7.63. The molecule has 0 aliphatic carbocycles. The van der Waals surface area contributed by atoms with Gasteiger partial charge < -0.3 is 15.6 Å². The van der Waals surface area contributed by atoms with Gasteiger partial charge in [-0.15, -0.1) is 0 Å². The summed E-state index contributed by atoms with van der Waals surface area (Å²) in [6, 6.07) is 6.07. The van der Waals surface area contributed by atoms with E-state index in [-0.39, 0.29) is 6.04 Å². The summed E-state index contributed by atoms with van der Waals surface area (Å²) < 4.78 is 5.62. The number of hydrogen-bond acceptors (Lipinski definition) is 3. The number of aliphatic hydroxyl groups is 1. The molecule has 0 spiro atoms. The number of aryl methyl sites for hydroxylation is 2. The molecule has 2 unspecified atom stereocenters. The first-order valence-corrected chi connectivity index (χ1v) is 7.74. The lowest BCUT2D eigenvalue weighted by molar-refractivity contribution is 0.131. The van der Waals surface area contributed by atoms with Gasteiger partial charge in [0.1, 0.15) is 5.75 Å². The van der Waals surface area contributed by atoms with Crippen LogP contribution in [0.4, 0.5) is 0 Å². The van der Waals surface area contributed by atoms with Crippen LogP contribution in [0.5, 0.6) is 5.75 Å². The van der Waals surface area contributed by atoms with Crippen LogP contribution >= 0.6 is 0 Å². The number of aliphatic hydroxyl groups excluding tert-OH is 1. The van der Waals surface area contributed by atoms with Crippen LogP contribution in [0.15, 0.2) is 18.2 Å². The van der Waals surface area contributed by atoms with E-state index in [9.17, 15) is 5.11 Å². The molecule has 114 valence electrons. The van der Waals surface area contributed by atoms with Crippen molar-refractivity contribution in [2.24, 2.45) is 5.73 Å². The fourth-order valence-corrected chi connectivity index (χ4v) is 2.30. The fraction of sp³-hybridized carbons (Fsp3) is 0.647. The van der Waals surface area contributed by atoms with Crippen LogP contribution in [-0.4, -0.2) is 23.9 Å². The van der Waals surface area contributed by atoms with E-state index in [1.54, 1.807) is 0 Å². The molecule has 20 heavy (non-hydrogen) atoms. The molecule has 1 aromatic carbocycles. The van der Waals surface area contributed by atoms with E-state index >= 15 is 0 Å². The van der Waals surface area contributed by atoms with Gasteiger partial charge in [-0.2, -0.15) is 0 Å². The average molecular weight is 279 g/mol. The summed E-state index contributed by atoms with van der Waals surface area (Å²) in [6.07, 6.45) is 4.08. The zero-order valence-electron chi connectivity index (χ0n) is 13.1. The van der Waals surface area contributed by atoms with Crippen LogP contribution in [0.25, 0.3) is 0 Å². The molecule has 0 heterocycles. The molecule has 0 bridgehead atoms. The SMILES string of the molecule is CCCOc1ccc(CCC(O)C(N)CCC)c(C)c1. The van der Waals surface area contributed by atoms with Crippen molar-refractivity contribution in [3.63, 3.8) is 0 Å². The van der Waals surface area contributed by atoms with Gasteiger partial charge in [-0.05, 0) is 55.9 Å². The average Bonchev–Trinajstić information content (AvgIpc) is 2.44. The molecule has 0 amide bonds. The summed E-state index contributed by atoms with van der Waals surface area (Å²) >= 11 is 0. The minimum Gasteiger partial charge on any atom is -0.494 e. The molecular weight excluding hydrogens is 250 g/mol. The first kappa shape index (κ1) is 17.0. The van der Waals surface area contributed by atoms with Crippen molar-refractivity contribution in [2.75, 3.05) is 6.61 Å². The van der Waals surface area contributed by atoms with Crippen LogP contribution in [0.1, 0.15) is 50.7 Å². The normalized spacial score (nSPS) is 14.1. The fourth-order valence-electron chi connectivity index (χ4n) is 2.30. The Bertz CT molecular complexity index is 393. The highest BCUT2D eigenvalue weighted by Crippen LogP contribution is 2.19. The van der Waals surface area contributed by atoms with Crippen molar-refractivity contribution in [1.29, 1.82) is 0 Å². The lowest BCUT2D eigenvalue weighted by Gasteiger charge is -2.18. The van der Waals surface area contributed by atoms with Gasteiger partial charge in [0.15, 0.2) is 0 Å². The molecule has 0 aliphatic heterocycles. The Morgan fingerprint density at radius 3 is 2.55 bits per heavy atom. The Hall–Kier alpha value is -1.06. The van der Waals surface area contributed by atoms with Gasteiger partial charge in [-0.3, -0.25) is 0 Å². The highest BCUT2D eigenvalue weighted by Gasteiger charge is 2.14. The molecule has 1 rings (SSSR count). The molecule has 0 aliphatic rings. The van der Waals surface area contributed by atoms with Gasteiger partial charge in [-0.1, -0.05) is 26.3 Å². The summed E-state index contributed by atoms with van der Waals surface area (Å²) in [7, 11) is 0.